The van der Waals surface area contributed by atoms with Crippen LogP contribution < -0.4 is 5.73 Å². The van der Waals surface area contributed by atoms with Gasteiger partial charge in [-0.2, -0.15) is 0 Å². The molecule has 1 aromatic heterocycles. The third-order valence-corrected chi connectivity index (χ3v) is 2.34. The number of carbonyl (C=O) groups excluding carboxylic acids is 1. The lowest BCUT2D eigenvalue weighted by atomic mass is 10.1. The van der Waals surface area contributed by atoms with Crippen LogP contribution in [0.4, 0.5) is 5.69 Å². The summed E-state index contributed by atoms with van der Waals surface area (Å²) in [5, 5.41) is 11.3. The number of carbonyl (C=O) groups is 1. The van der Waals surface area contributed by atoms with E-state index in [1.807, 2.05) is 0 Å². The average Bonchev–Trinajstić information content (AvgIpc) is 2.68. The van der Waals surface area contributed by atoms with E-state index in [1.54, 1.807) is 12.3 Å². The number of amides is 1. The number of aromatic amines is 1. The van der Waals surface area contributed by atoms with Gasteiger partial charge in [0.15, 0.2) is 0 Å². The number of nitrogens with two attached hydrogens (primary N) is 1. The third kappa shape index (κ3) is 2.15. The standard InChI is InChI=1S/C11H9N3O3/c12-11(15)4-1-7-6-13-10-3-2-8(14(16)17)5-9(7)10/h1-6,13H,(H2,12,15). The first kappa shape index (κ1) is 10.9. The van der Waals surface area contributed by atoms with Gasteiger partial charge in [-0.05, 0) is 12.1 Å². The molecule has 1 heterocycles. The molecule has 2 aromatic rings. The second-order valence-corrected chi connectivity index (χ2v) is 3.47. The van der Waals surface area contributed by atoms with E-state index >= 15 is 0 Å². The molecule has 6 nitrogen and oxygen atoms in total. The Balaban J connectivity index is 2.54. The fraction of sp³-hybridized carbons (Fsp3) is 0. The number of nitrogens with one attached hydrogen (secondary N) is 1. The van der Waals surface area contributed by atoms with E-state index in [2.05, 4.69) is 4.98 Å². The fourth-order valence-electron chi connectivity index (χ4n) is 1.55. The maximum absolute atomic E-state index is 10.6. The molecule has 1 amide bonds. The lowest BCUT2D eigenvalue weighted by molar-refractivity contribution is -0.384. The summed E-state index contributed by atoms with van der Waals surface area (Å²) in [5.41, 5.74) is 6.44. The highest BCUT2D eigenvalue weighted by molar-refractivity contribution is 5.96. The van der Waals surface area contributed by atoms with Crippen LogP contribution in [0.25, 0.3) is 17.0 Å². The van der Waals surface area contributed by atoms with Crippen molar-refractivity contribution in [3.8, 4) is 0 Å². The minimum atomic E-state index is -0.565. The summed E-state index contributed by atoms with van der Waals surface area (Å²) >= 11 is 0. The van der Waals surface area contributed by atoms with Gasteiger partial charge >= 0.3 is 0 Å². The summed E-state index contributed by atoms with van der Waals surface area (Å²) in [6, 6.07) is 4.49. The molecule has 0 aliphatic heterocycles. The van der Waals surface area contributed by atoms with Gasteiger partial charge in [0.05, 0.1) is 4.92 Å². The van der Waals surface area contributed by atoms with E-state index in [0.717, 1.165) is 5.52 Å². The number of nitro benzene ring substituents is 1. The zero-order chi connectivity index (χ0) is 12.4. The van der Waals surface area contributed by atoms with E-state index in [4.69, 9.17) is 5.73 Å². The Labute approximate surface area is 95.9 Å². The van der Waals surface area contributed by atoms with Crippen molar-refractivity contribution in [1.29, 1.82) is 0 Å². The largest absolute Gasteiger partial charge is 0.366 e. The van der Waals surface area contributed by atoms with Crippen LogP contribution in [0.3, 0.4) is 0 Å². The lowest BCUT2D eigenvalue weighted by Gasteiger charge is -1.93. The molecule has 17 heavy (non-hydrogen) atoms. The van der Waals surface area contributed by atoms with Gasteiger partial charge in [-0.25, -0.2) is 0 Å². The maximum atomic E-state index is 10.6. The first-order chi connectivity index (χ1) is 8.08. The highest BCUT2D eigenvalue weighted by atomic mass is 16.6. The fourth-order valence-corrected chi connectivity index (χ4v) is 1.55. The summed E-state index contributed by atoms with van der Waals surface area (Å²) in [6.45, 7) is 0. The zero-order valence-corrected chi connectivity index (χ0v) is 8.71. The minimum Gasteiger partial charge on any atom is -0.366 e. The number of nitrogens with zero attached hydrogens (tertiary/aromatic N) is 1. The van der Waals surface area contributed by atoms with E-state index < -0.39 is 10.8 Å². The van der Waals surface area contributed by atoms with Crippen LogP contribution >= 0.6 is 0 Å². The van der Waals surface area contributed by atoms with Crippen LogP contribution in [-0.2, 0) is 4.79 Å². The number of benzene rings is 1. The SMILES string of the molecule is NC(=O)C=Cc1c[nH]c2ccc([N+](=O)[O-])cc12. The van der Waals surface area contributed by atoms with E-state index in [0.29, 0.717) is 10.9 Å². The van der Waals surface area contributed by atoms with Gasteiger partial charge in [0, 0.05) is 40.9 Å². The van der Waals surface area contributed by atoms with Crippen LogP contribution in [0.5, 0.6) is 0 Å². The molecule has 0 bridgehead atoms. The highest BCUT2D eigenvalue weighted by Gasteiger charge is 2.08. The lowest BCUT2D eigenvalue weighted by Crippen LogP contribution is -2.04. The van der Waals surface area contributed by atoms with Crippen molar-refractivity contribution in [2.24, 2.45) is 5.73 Å². The Bertz CT molecular complexity index is 628. The van der Waals surface area contributed by atoms with Crippen molar-refractivity contribution in [3.63, 3.8) is 0 Å². The Kier molecular flexibility index (Phi) is 2.61. The average molecular weight is 231 g/mol. The van der Waals surface area contributed by atoms with Crippen LogP contribution in [0.1, 0.15) is 5.56 Å². The second-order valence-electron chi connectivity index (χ2n) is 3.47. The van der Waals surface area contributed by atoms with Gasteiger partial charge < -0.3 is 10.7 Å². The van der Waals surface area contributed by atoms with Crippen LogP contribution in [0, 0.1) is 10.1 Å². The van der Waals surface area contributed by atoms with Gasteiger partial charge in [0.1, 0.15) is 0 Å². The Hall–Kier alpha value is -2.63. The number of rotatable bonds is 3. The minimum absolute atomic E-state index is 0.00539. The molecule has 0 aliphatic carbocycles. The number of hydrogen-bond donors (Lipinski definition) is 2. The summed E-state index contributed by atoms with van der Waals surface area (Å²) in [6.07, 6.45) is 4.39. The van der Waals surface area contributed by atoms with Crippen molar-refractivity contribution in [2.75, 3.05) is 0 Å². The second kappa shape index (κ2) is 4.09. The van der Waals surface area contributed by atoms with Crippen LogP contribution in [0.15, 0.2) is 30.5 Å². The van der Waals surface area contributed by atoms with E-state index in [9.17, 15) is 14.9 Å². The molecule has 0 atom stereocenters. The smallest absolute Gasteiger partial charge is 0.270 e. The summed E-state index contributed by atoms with van der Waals surface area (Å²) < 4.78 is 0. The number of fused-ring (bicyclic) bond motifs is 1. The molecule has 2 rings (SSSR count). The normalized spacial score (nSPS) is 11.1. The summed E-state index contributed by atoms with van der Waals surface area (Å²) in [4.78, 5) is 23.8. The molecule has 1 aromatic carbocycles. The van der Waals surface area contributed by atoms with Gasteiger partial charge in [0.25, 0.3) is 5.69 Å². The van der Waals surface area contributed by atoms with Crippen molar-refractivity contribution in [2.45, 2.75) is 0 Å². The number of H-pyrrole nitrogens is 1. The molecule has 0 fully saturated rings. The number of nitro groups is 1. The Morgan fingerprint density at radius 3 is 2.88 bits per heavy atom. The van der Waals surface area contributed by atoms with Gasteiger partial charge in [-0.1, -0.05) is 0 Å². The third-order valence-electron chi connectivity index (χ3n) is 2.34. The number of hydrogen-bond acceptors (Lipinski definition) is 3. The van der Waals surface area contributed by atoms with E-state index in [1.165, 1.54) is 24.3 Å². The number of primary amides is 1. The van der Waals surface area contributed by atoms with Gasteiger partial charge in [-0.3, -0.25) is 14.9 Å². The predicted molar refractivity (Wildman–Crippen MR) is 63.2 cm³/mol. The molecular formula is C11H9N3O3. The van der Waals surface area contributed by atoms with Gasteiger partial charge in [0.2, 0.25) is 5.91 Å². The van der Waals surface area contributed by atoms with Crippen LogP contribution in [-0.4, -0.2) is 15.8 Å². The van der Waals surface area contributed by atoms with Crippen LogP contribution in [0.2, 0.25) is 0 Å². The molecule has 86 valence electrons. The zero-order valence-electron chi connectivity index (χ0n) is 8.71. The molecule has 0 spiro atoms. The molecular weight excluding hydrogens is 222 g/mol. The van der Waals surface area contributed by atoms with Crippen molar-refractivity contribution < 1.29 is 9.72 Å². The molecule has 6 heteroatoms. The number of aromatic nitrogens is 1. The molecule has 0 unspecified atom stereocenters. The monoisotopic (exact) mass is 231 g/mol. The van der Waals surface area contributed by atoms with Gasteiger partial charge in [-0.15, -0.1) is 0 Å². The predicted octanol–water partition coefficient (Wildman–Crippen LogP) is 1.57. The summed E-state index contributed by atoms with van der Waals surface area (Å²) in [5.74, 6) is -0.565. The van der Waals surface area contributed by atoms with Crippen molar-refractivity contribution >= 4 is 28.6 Å². The quantitative estimate of drug-likeness (QED) is 0.476. The van der Waals surface area contributed by atoms with Crippen molar-refractivity contribution in [3.05, 3.63) is 46.1 Å². The topological polar surface area (TPSA) is 102 Å². The molecule has 3 N–H and O–H groups in total. The van der Waals surface area contributed by atoms with E-state index in [-0.39, 0.29) is 5.69 Å². The first-order valence-corrected chi connectivity index (χ1v) is 4.81. The first-order valence-electron chi connectivity index (χ1n) is 4.81. The number of non-ortho nitro benzene ring substituents is 1. The molecule has 0 saturated heterocycles. The maximum Gasteiger partial charge on any atom is 0.270 e. The molecule has 0 saturated carbocycles. The Morgan fingerprint density at radius 2 is 2.24 bits per heavy atom. The molecule has 0 radical (unpaired) electrons. The van der Waals surface area contributed by atoms with Crippen molar-refractivity contribution in [1.82, 2.24) is 4.98 Å². The Morgan fingerprint density at radius 1 is 1.47 bits per heavy atom. The molecule has 0 aliphatic rings. The summed E-state index contributed by atoms with van der Waals surface area (Å²) in [7, 11) is 0. The highest BCUT2D eigenvalue weighted by Crippen LogP contribution is 2.24.